The van der Waals surface area contributed by atoms with Crippen LogP contribution in [0.25, 0.3) is 0 Å². The molecule has 0 spiro atoms. The molecule has 2 N–H and O–H groups in total. The van der Waals surface area contributed by atoms with E-state index in [2.05, 4.69) is 10.4 Å². The van der Waals surface area contributed by atoms with Crippen molar-refractivity contribution in [3.05, 3.63) is 17.5 Å². The average molecular weight is 279 g/mol. The number of aromatic nitrogens is 2. The molecule has 1 fully saturated rings. The van der Waals surface area contributed by atoms with Crippen LogP contribution in [0.3, 0.4) is 0 Å². The number of aliphatic carboxylic acids is 1. The van der Waals surface area contributed by atoms with Gasteiger partial charge in [-0.25, -0.2) is 0 Å². The third-order valence-electron chi connectivity index (χ3n) is 4.04. The minimum absolute atomic E-state index is 0.120. The minimum Gasteiger partial charge on any atom is -0.481 e. The first-order valence-corrected chi connectivity index (χ1v) is 6.94. The van der Waals surface area contributed by atoms with Gasteiger partial charge in [0.1, 0.15) is 0 Å². The SMILES string of the molecule is Cc1cc(C)n(CCC(=O)NCC2(C(=O)O)CCC2)n1. The Morgan fingerprint density at radius 3 is 2.60 bits per heavy atom. The van der Waals surface area contributed by atoms with Gasteiger partial charge in [0.15, 0.2) is 0 Å². The molecule has 1 saturated carbocycles. The molecule has 6 nitrogen and oxygen atoms in total. The molecule has 1 heterocycles. The van der Waals surface area contributed by atoms with E-state index < -0.39 is 11.4 Å². The number of hydrogen-bond donors (Lipinski definition) is 2. The van der Waals surface area contributed by atoms with E-state index in [0.29, 0.717) is 25.8 Å². The molecule has 6 heteroatoms. The smallest absolute Gasteiger partial charge is 0.311 e. The number of carbonyl (C=O) groups excluding carboxylic acids is 1. The largest absolute Gasteiger partial charge is 0.481 e. The average Bonchev–Trinajstić information content (AvgIpc) is 2.63. The molecule has 20 heavy (non-hydrogen) atoms. The summed E-state index contributed by atoms with van der Waals surface area (Å²) in [5.41, 5.74) is 1.23. The summed E-state index contributed by atoms with van der Waals surface area (Å²) in [6.07, 6.45) is 2.55. The van der Waals surface area contributed by atoms with Gasteiger partial charge in [0.25, 0.3) is 0 Å². The topological polar surface area (TPSA) is 84.2 Å². The third-order valence-corrected chi connectivity index (χ3v) is 4.04. The Labute approximate surface area is 118 Å². The molecule has 0 radical (unpaired) electrons. The number of carboxylic acids is 1. The summed E-state index contributed by atoms with van der Waals surface area (Å²) >= 11 is 0. The Balaban J connectivity index is 1.78. The molecule has 1 aromatic rings. The predicted molar refractivity (Wildman–Crippen MR) is 73.2 cm³/mol. The Kier molecular flexibility index (Phi) is 4.11. The van der Waals surface area contributed by atoms with E-state index in [1.807, 2.05) is 19.9 Å². The molecule has 110 valence electrons. The van der Waals surface area contributed by atoms with E-state index in [1.54, 1.807) is 4.68 Å². The molecular formula is C14H21N3O3. The van der Waals surface area contributed by atoms with Gasteiger partial charge in [-0.3, -0.25) is 14.3 Å². The molecule has 0 aliphatic heterocycles. The molecule has 1 aliphatic carbocycles. The molecule has 0 unspecified atom stereocenters. The van der Waals surface area contributed by atoms with Crippen molar-refractivity contribution in [2.45, 2.75) is 46.1 Å². The second kappa shape index (κ2) is 5.64. The van der Waals surface area contributed by atoms with E-state index in [1.165, 1.54) is 0 Å². The van der Waals surface area contributed by atoms with Gasteiger partial charge >= 0.3 is 5.97 Å². The fourth-order valence-electron chi connectivity index (χ4n) is 2.53. The molecule has 1 aromatic heterocycles. The van der Waals surface area contributed by atoms with E-state index in [-0.39, 0.29) is 12.5 Å². The van der Waals surface area contributed by atoms with Crippen LogP contribution in [0.4, 0.5) is 0 Å². The fourth-order valence-corrected chi connectivity index (χ4v) is 2.53. The summed E-state index contributed by atoms with van der Waals surface area (Å²) in [4.78, 5) is 23.0. The fraction of sp³-hybridized carbons (Fsp3) is 0.643. The highest BCUT2D eigenvalue weighted by molar-refractivity contribution is 5.79. The van der Waals surface area contributed by atoms with Gasteiger partial charge in [0.2, 0.25) is 5.91 Å². The summed E-state index contributed by atoms with van der Waals surface area (Å²) in [5, 5.41) is 16.2. The first kappa shape index (κ1) is 14.6. The van der Waals surface area contributed by atoms with Crippen LogP contribution in [0.1, 0.15) is 37.1 Å². The van der Waals surface area contributed by atoms with E-state index in [0.717, 1.165) is 17.8 Å². The standard InChI is InChI=1S/C14H21N3O3/c1-10-8-11(2)17(16-10)7-4-12(18)15-9-14(13(19)20)5-3-6-14/h8H,3-7,9H2,1-2H3,(H,15,18)(H,19,20). The van der Waals surface area contributed by atoms with Gasteiger partial charge in [-0.2, -0.15) is 5.10 Å². The summed E-state index contributed by atoms with van der Waals surface area (Å²) in [5.74, 6) is -0.923. The maximum Gasteiger partial charge on any atom is 0.311 e. The first-order chi connectivity index (χ1) is 9.43. The summed E-state index contributed by atoms with van der Waals surface area (Å²) < 4.78 is 1.80. The van der Waals surface area contributed by atoms with Crippen LogP contribution in [0.5, 0.6) is 0 Å². The highest BCUT2D eigenvalue weighted by Crippen LogP contribution is 2.40. The number of hydrogen-bond acceptors (Lipinski definition) is 3. The van der Waals surface area contributed by atoms with Crippen molar-refractivity contribution in [1.29, 1.82) is 0 Å². The van der Waals surface area contributed by atoms with E-state index in [9.17, 15) is 14.7 Å². The number of carboxylic acid groups (broad SMARTS) is 1. The van der Waals surface area contributed by atoms with Crippen LogP contribution in [-0.2, 0) is 16.1 Å². The van der Waals surface area contributed by atoms with Crippen LogP contribution in [0.2, 0.25) is 0 Å². The molecule has 2 rings (SSSR count). The van der Waals surface area contributed by atoms with Crippen molar-refractivity contribution < 1.29 is 14.7 Å². The Morgan fingerprint density at radius 1 is 1.45 bits per heavy atom. The number of amides is 1. The maximum absolute atomic E-state index is 11.8. The molecule has 0 atom stereocenters. The summed E-state index contributed by atoms with van der Waals surface area (Å²) in [6.45, 7) is 4.62. The van der Waals surface area contributed by atoms with Crippen LogP contribution in [0, 0.1) is 19.3 Å². The minimum atomic E-state index is -0.803. The quantitative estimate of drug-likeness (QED) is 0.821. The monoisotopic (exact) mass is 279 g/mol. The molecule has 0 saturated heterocycles. The lowest BCUT2D eigenvalue weighted by atomic mass is 9.69. The van der Waals surface area contributed by atoms with Crippen molar-refractivity contribution in [3.63, 3.8) is 0 Å². The van der Waals surface area contributed by atoms with Crippen molar-refractivity contribution >= 4 is 11.9 Å². The van der Waals surface area contributed by atoms with E-state index in [4.69, 9.17) is 0 Å². The highest BCUT2D eigenvalue weighted by Gasteiger charge is 2.44. The van der Waals surface area contributed by atoms with Crippen LogP contribution in [-0.4, -0.2) is 33.3 Å². The highest BCUT2D eigenvalue weighted by atomic mass is 16.4. The van der Waals surface area contributed by atoms with Gasteiger partial charge in [-0.15, -0.1) is 0 Å². The third kappa shape index (κ3) is 3.00. The van der Waals surface area contributed by atoms with Crippen molar-refractivity contribution in [2.24, 2.45) is 5.41 Å². The van der Waals surface area contributed by atoms with Crippen molar-refractivity contribution in [2.75, 3.05) is 6.54 Å². The number of rotatable bonds is 6. The van der Waals surface area contributed by atoms with Crippen molar-refractivity contribution in [1.82, 2.24) is 15.1 Å². The van der Waals surface area contributed by atoms with Gasteiger partial charge in [0, 0.05) is 25.2 Å². The van der Waals surface area contributed by atoms with Crippen LogP contribution < -0.4 is 5.32 Å². The molecule has 1 aliphatic rings. The van der Waals surface area contributed by atoms with Crippen molar-refractivity contribution in [3.8, 4) is 0 Å². The Morgan fingerprint density at radius 2 is 2.15 bits per heavy atom. The van der Waals surface area contributed by atoms with Gasteiger partial charge in [0.05, 0.1) is 11.1 Å². The normalized spacial score (nSPS) is 16.5. The molecule has 0 aromatic carbocycles. The van der Waals surface area contributed by atoms with Gasteiger partial charge in [-0.1, -0.05) is 6.42 Å². The Bertz CT molecular complexity index is 518. The second-order valence-corrected chi connectivity index (χ2v) is 5.62. The second-order valence-electron chi connectivity index (χ2n) is 5.62. The van der Waals surface area contributed by atoms with Gasteiger partial charge in [-0.05, 0) is 32.8 Å². The molecular weight excluding hydrogens is 258 g/mol. The lowest BCUT2D eigenvalue weighted by molar-refractivity contribution is -0.154. The number of aryl methyl sites for hydroxylation is 3. The lowest BCUT2D eigenvalue weighted by Crippen LogP contribution is -2.47. The maximum atomic E-state index is 11.8. The Hall–Kier alpha value is -1.85. The predicted octanol–water partition coefficient (Wildman–Crippen LogP) is 1.26. The van der Waals surface area contributed by atoms with Gasteiger partial charge < -0.3 is 10.4 Å². The lowest BCUT2D eigenvalue weighted by Gasteiger charge is -2.37. The number of nitrogens with one attached hydrogen (secondary N) is 1. The zero-order valence-corrected chi connectivity index (χ0v) is 12.0. The van der Waals surface area contributed by atoms with Crippen LogP contribution >= 0.6 is 0 Å². The summed E-state index contributed by atoms with van der Waals surface area (Å²) in [7, 11) is 0. The number of nitrogens with zero attached hydrogens (tertiary/aromatic N) is 2. The first-order valence-electron chi connectivity index (χ1n) is 6.94. The molecule has 0 bridgehead atoms. The summed E-state index contributed by atoms with van der Waals surface area (Å²) in [6, 6.07) is 1.96. The van der Waals surface area contributed by atoms with Crippen LogP contribution in [0.15, 0.2) is 6.07 Å². The molecule has 1 amide bonds. The van der Waals surface area contributed by atoms with E-state index >= 15 is 0 Å². The zero-order valence-electron chi connectivity index (χ0n) is 12.0. The number of carbonyl (C=O) groups is 2. The zero-order chi connectivity index (χ0) is 14.8.